The predicted octanol–water partition coefficient (Wildman–Crippen LogP) is 5.51. The highest BCUT2D eigenvalue weighted by molar-refractivity contribution is 5.71. The lowest BCUT2D eigenvalue weighted by Gasteiger charge is -2.36. The fourth-order valence-corrected chi connectivity index (χ4v) is 4.12. The molecule has 0 aromatic heterocycles. The average Bonchev–Trinajstić information content (AvgIpc) is 3.23. The lowest BCUT2D eigenvalue weighted by molar-refractivity contribution is -0.147. The highest BCUT2D eigenvalue weighted by Gasteiger charge is 2.35. The summed E-state index contributed by atoms with van der Waals surface area (Å²) in [5.41, 5.74) is 1.02. The van der Waals surface area contributed by atoms with Crippen LogP contribution < -0.4 is 4.74 Å². The maximum atomic E-state index is 14.4. The minimum Gasteiger partial charge on any atom is -0.489 e. The zero-order valence-corrected chi connectivity index (χ0v) is 17.3. The summed E-state index contributed by atoms with van der Waals surface area (Å²) in [5, 5.41) is 8.91. The van der Waals surface area contributed by atoms with Crippen molar-refractivity contribution < 1.29 is 32.2 Å². The van der Waals surface area contributed by atoms with E-state index in [1.807, 2.05) is 11.0 Å². The first-order valence-corrected chi connectivity index (χ1v) is 10.5. The van der Waals surface area contributed by atoms with Crippen LogP contribution in [-0.4, -0.2) is 29.1 Å². The third kappa shape index (κ3) is 4.96. The smallest absolute Gasteiger partial charge is 0.417 e. The van der Waals surface area contributed by atoms with Crippen LogP contribution in [-0.2, 0) is 24.1 Å². The molecule has 32 heavy (non-hydrogen) atoms. The van der Waals surface area contributed by atoms with Gasteiger partial charge >= 0.3 is 12.1 Å². The molecule has 0 bridgehead atoms. The van der Waals surface area contributed by atoms with Gasteiger partial charge in [-0.05, 0) is 48.1 Å². The Kier molecular flexibility index (Phi) is 6.24. The van der Waals surface area contributed by atoms with Crippen LogP contribution in [0.4, 0.5) is 17.6 Å². The van der Waals surface area contributed by atoms with Crippen molar-refractivity contribution in [1.29, 1.82) is 0 Å². The van der Waals surface area contributed by atoms with E-state index in [0.29, 0.717) is 37.2 Å². The van der Waals surface area contributed by atoms with Crippen LogP contribution in [0.5, 0.6) is 5.75 Å². The summed E-state index contributed by atoms with van der Waals surface area (Å²) in [6.07, 6.45) is -0.334. The Morgan fingerprint density at radius 2 is 1.94 bits per heavy atom. The van der Waals surface area contributed by atoms with E-state index in [2.05, 4.69) is 0 Å². The lowest BCUT2D eigenvalue weighted by Crippen LogP contribution is -2.49. The minimum atomic E-state index is -4.47. The Morgan fingerprint density at radius 3 is 2.56 bits per heavy atom. The van der Waals surface area contributed by atoms with Crippen LogP contribution in [0.2, 0.25) is 0 Å². The Bertz CT molecular complexity index is 1040. The molecule has 4 rings (SSSR count). The van der Waals surface area contributed by atoms with E-state index in [0.717, 1.165) is 24.5 Å². The Hall–Kier alpha value is -2.87. The molecule has 1 heterocycles. The van der Waals surface area contributed by atoms with Gasteiger partial charge in [-0.25, -0.2) is 4.39 Å². The molecule has 2 aromatic rings. The molecule has 0 radical (unpaired) electrons. The molecule has 1 fully saturated rings. The number of carboxylic acid groups (broad SMARTS) is 1. The van der Waals surface area contributed by atoms with Crippen molar-refractivity contribution >= 4 is 11.5 Å². The van der Waals surface area contributed by atoms with E-state index in [4.69, 9.17) is 9.84 Å². The van der Waals surface area contributed by atoms with E-state index in [1.54, 1.807) is 18.2 Å². The number of benzene rings is 2. The number of carbonyl (C=O) groups is 1. The van der Waals surface area contributed by atoms with E-state index in [1.165, 1.54) is 12.1 Å². The molecule has 1 saturated heterocycles. The topological polar surface area (TPSA) is 49.8 Å². The summed E-state index contributed by atoms with van der Waals surface area (Å²) in [7, 11) is 0. The number of aliphatic carboxylic acids is 1. The number of halogens is 4. The summed E-state index contributed by atoms with van der Waals surface area (Å²) in [6.45, 7) is 0.929. The van der Waals surface area contributed by atoms with Crippen molar-refractivity contribution in [3.8, 4) is 5.75 Å². The van der Waals surface area contributed by atoms with Crippen molar-refractivity contribution in [2.24, 2.45) is 5.92 Å². The molecule has 1 aliphatic carbocycles. The van der Waals surface area contributed by atoms with E-state index in [9.17, 15) is 22.4 Å². The van der Waals surface area contributed by atoms with Crippen LogP contribution in [0.15, 0.2) is 42.5 Å². The van der Waals surface area contributed by atoms with Crippen molar-refractivity contribution in [3.63, 3.8) is 0 Å². The Morgan fingerprint density at radius 1 is 1.16 bits per heavy atom. The van der Waals surface area contributed by atoms with Crippen molar-refractivity contribution in [1.82, 2.24) is 4.90 Å². The zero-order chi connectivity index (χ0) is 22.9. The van der Waals surface area contributed by atoms with Gasteiger partial charge in [0.2, 0.25) is 0 Å². The number of likely N-dealkylation sites (tertiary alicyclic amines) is 1. The molecule has 170 valence electrons. The maximum absolute atomic E-state index is 14.4. The van der Waals surface area contributed by atoms with E-state index in [-0.39, 0.29) is 17.9 Å². The van der Waals surface area contributed by atoms with Crippen molar-refractivity contribution in [2.75, 3.05) is 13.1 Å². The third-order valence-electron chi connectivity index (χ3n) is 5.91. The van der Waals surface area contributed by atoms with Crippen LogP contribution in [0, 0.1) is 11.7 Å². The Labute approximate surface area is 183 Å². The fourth-order valence-electron chi connectivity index (χ4n) is 4.12. The summed E-state index contributed by atoms with van der Waals surface area (Å²) >= 11 is 0. The third-order valence-corrected chi connectivity index (χ3v) is 5.91. The molecule has 2 aromatic carbocycles. The maximum Gasteiger partial charge on any atom is 0.417 e. The molecular weight excluding hydrogens is 426 g/mol. The van der Waals surface area contributed by atoms with Gasteiger partial charge in [0.1, 0.15) is 18.2 Å². The lowest BCUT2D eigenvalue weighted by atomic mass is 9.96. The van der Waals surface area contributed by atoms with Crippen LogP contribution in [0.25, 0.3) is 5.57 Å². The van der Waals surface area contributed by atoms with Crippen molar-refractivity contribution in [2.45, 2.75) is 38.6 Å². The van der Waals surface area contributed by atoms with E-state index < -0.39 is 29.4 Å². The number of alkyl halides is 3. The first-order valence-electron chi connectivity index (χ1n) is 10.5. The molecular formula is C24H23F4NO3. The molecule has 0 unspecified atom stereocenters. The quantitative estimate of drug-likeness (QED) is 0.567. The molecule has 0 atom stereocenters. The molecule has 1 N–H and O–H groups in total. The second-order valence-electron chi connectivity index (χ2n) is 8.27. The van der Waals surface area contributed by atoms with Crippen molar-refractivity contribution in [3.05, 3.63) is 70.5 Å². The minimum absolute atomic E-state index is 0.117. The number of rotatable bonds is 7. The number of carboxylic acids is 1. The summed E-state index contributed by atoms with van der Waals surface area (Å²) in [4.78, 5) is 12.7. The number of allylic oxidation sites excluding steroid dienone is 2. The van der Waals surface area contributed by atoms with Gasteiger partial charge < -0.3 is 9.84 Å². The highest BCUT2D eigenvalue weighted by Crippen LogP contribution is 2.39. The first-order chi connectivity index (χ1) is 15.2. The second-order valence-corrected chi connectivity index (χ2v) is 8.27. The molecule has 0 amide bonds. The number of hydrogen-bond donors (Lipinski definition) is 1. The molecule has 1 aliphatic heterocycles. The van der Waals surface area contributed by atoms with Gasteiger partial charge in [-0.1, -0.05) is 24.3 Å². The Balaban J connectivity index is 1.41. The zero-order valence-electron chi connectivity index (χ0n) is 17.3. The highest BCUT2D eigenvalue weighted by atomic mass is 19.4. The van der Waals surface area contributed by atoms with Gasteiger partial charge in [0.15, 0.2) is 0 Å². The molecule has 0 spiro atoms. The number of hydrogen-bond acceptors (Lipinski definition) is 3. The SMILES string of the molecule is O=C(O)C1CN(Cc2ccc(OCc3ccc(C4=CCCC4)c(C(F)(F)F)c3)cc2F)C1. The molecule has 8 heteroatoms. The van der Waals surface area contributed by atoms with Gasteiger partial charge in [0, 0.05) is 31.3 Å². The van der Waals surface area contributed by atoms with E-state index >= 15 is 0 Å². The largest absolute Gasteiger partial charge is 0.489 e. The second kappa shape index (κ2) is 8.94. The monoisotopic (exact) mass is 449 g/mol. The first kappa shape index (κ1) is 22.3. The van der Waals surface area contributed by atoms with Gasteiger partial charge in [-0.2, -0.15) is 13.2 Å². The van der Waals surface area contributed by atoms with Crippen LogP contribution >= 0.6 is 0 Å². The normalized spacial score (nSPS) is 17.2. The van der Waals surface area contributed by atoms with Gasteiger partial charge in [0.05, 0.1) is 11.5 Å². The summed E-state index contributed by atoms with van der Waals surface area (Å²) in [6, 6.07) is 8.51. The summed E-state index contributed by atoms with van der Waals surface area (Å²) < 4.78 is 60.7. The number of nitrogens with zero attached hydrogens (tertiary/aromatic N) is 1. The molecule has 4 nitrogen and oxygen atoms in total. The molecule has 0 saturated carbocycles. The van der Waals surface area contributed by atoms with Crippen LogP contribution in [0.3, 0.4) is 0 Å². The summed E-state index contributed by atoms with van der Waals surface area (Å²) in [5.74, 6) is -1.55. The van der Waals surface area contributed by atoms with Gasteiger partial charge in [-0.15, -0.1) is 0 Å². The van der Waals surface area contributed by atoms with Crippen LogP contribution in [0.1, 0.15) is 41.5 Å². The predicted molar refractivity (Wildman–Crippen MR) is 110 cm³/mol. The number of ether oxygens (including phenoxy) is 1. The fraction of sp³-hybridized carbons (Fsp3) is 0.375. The molecule has 2 aliphatic rings. The standard InChI is InChI=1S/C24H23F4NO3/c25-22-10-19(7-6-17(22)11-29-12-18(13-29)23(30)31)32-14-15-5-8-20(16-3-1-2-4-16)21(9-15)24(26,27)28/h3,5-10,18H,1-2,4,11-14H2,(H,30,31). The average molecular weight is 449 g/mol. The van der Waals surface area contributed by atoms with Gasteiger partial charge in [0.25, 0.3) is 0 Å². The van der Waals surface area contributed by atoms with Gasteiger partial charge in [-0.3, -0.25) is 9.69 Å².